The van der Waals surface area contributed by atoms with Gasteiger partial charge in [-0.05, 0) is 25.7 Å². The first kappa shape index (κ1) is 17.1. The van der Waals surface area contributed by atoms with E-state index in [2.05, 4.69) is 20.2 Å². The molecule has 2 aliphatic rings. The van der Waals surface area contributed by atoms with Gasteiger partial charge in [-0.25, -0.2) is 9.78 Å². The van der Waals surface area contributed by atoms with E-state index in [0.29, 0.717) is 19.3 Å². The molecule has 0 unspecified atom stereocenters. The quantitative estimate of drug-likeness (QED) is 0.885. The van der Waals surface area contributed by atoms with Gasteiger partial charge in [0, 0.05) is 25.2 Å². The Hall–Kier alpha value is -1.73. The molecule has 1 saturated carbocycles. The van der Waals surface area contributed by atoms with Crippen LogP contribution in [-0.2, 0) is 19.5 Å². The normalized spacial score (nSPS) is 24.3. The number of imidazole rings is 1. The molecule has 0 saturated heterocycles. The van der Waals surface area contributed by atoms with Gasteiger partial charge < -0.3 is 15.2 Å². The van der Waals surface area contributed by atoms with Gasteiger partial charge in [-0.3, -0.25) is 0 Å². The van der Waals surface area contributed by atoms with Crippen LogP contribution in [-0.4, -0.2) is 27.8 Å². The van der Waals surface area contributed by atoms with Crippen molar-refractivity contribution in [2.24, 2.45) is 5.92 Å². The lowest BCUT2D eigenvalue weighted by Crippen LogP contribution is -2.50. The molecular formula is C16H23F3N4O. The number of fused-ring (bicyclic) bond motifs is 1. The molecule has 1 aromatic heterocycles. The lowest BCUT2D eigenvalue weighted by molar-refractivity contribution is -0.187. The highest BCUT2D eigenvalue weighted by atomic mass is 19.4. The number of aromatic nitrogens is 2. The van der Waals surface area contributed by atoms with Crippen molar-refractivity contribution in [1.29, 1.82) is 0 Å². The third-order valence-corrected chi connectivity index (χ3v) is 4.89. The third kappa shape index (κ3) is 4.02. The van der Waals surface area contributed by atoms with Gasteiger partial charge in [0.2, 0.25) is 0 Å². The molecule has 1 aromatic rings. The van der Waals surface area contributed by atoms with Crippen LogP contribution in [0.25, 0.3) is 0 Å². The molecule has 3 rings (SSSR count). The predicted octanol–water partition coefficient (Wildman–Crippen LogP) is 3.14. The van der Waals surface area contributed by atoms with Crippen molar-refractivity contribution >= 4 is 6.03 Å². The smallest absolute Gasteiger partial charge is 0.335 e. The summed E-state index contributed by atoms with van der Waals surface area (Å²) in [6.07, 6.45) is 2.55. The molecular weight excluding hydrogens is 321 g/mol. The Morgan fingerprint density at radius 3 is 2.79 bits per heavy atom. The highest BCUT2D eigenvalue weighted by molar-refractivity contribution is 5.74. The maximum absolute atomic E-state index is 13.0. The average molecular weight is 344 g/mol. The van der Waals surface area contributed by atoms with E-state index >= 15 is 0 Å². The van der Waals surface area contributed by atoms with Gasteiger partial charge in [0.25, 0.3) is 0 Å². The number of nitrogens with zero attached hydrogens (tertiary/aromatic N) is 2. The van der Waals surface area contributed by atoms with E-state index in [0.717, 1.165) is 37.3 Å². The fraction of sp³-hybridized carbons (Fsp3) is 0.750. The maximum atomic E-state index is 13.0. The van der Waals surface area contributed by atoms with Crippen molar-refractivity contribution in [3.63, 3.8) is 0 Å². The van der Waals surface area contributed by atoms with Gasteiger partial charge in [0.1, 0.15) is 5.82 Å². The van der Waals surface area contributed by atoms with Crippen molar-refractivity contribution < 1.29 is 18.0 Å². The molecule has 1 fully saturated rings. The number of amides is 2. The second-order valence-electron chi connectivity index (χ2n) is 6.67. The van der Waals surface area contributed by atoms with E-state index in [1.54, 1.807) is 0 Å². The molecule has 2 heterocycles. The van der Waals surface area contributed by atoms with Crippen LogP contribution in [0, 0.1) is 5.92 Å². The van der Waals surface area contributed by atoms with Crippen LogP contribution in [0.2, 0.25) is 0 Å². The lowest BCUT2D eigenvalue weighted by atomic mass is 9.84. The van der Waals surface area contributed by atoms with Crippen LogP contribution in [0.4, 0.5) is 18.0 Å². The Morgan fingerprint density at radius 2 is 2.04 bits per heavy atom. The number of rotatable bonds is 3. The van der Waals surface area contributed by atoms with E-state index in [-0.39, 0.29) is 13.0 Å². The Morgan fingerprint density at radius 1 is 1.25 bits per heavy atom. The highest BCUT2D eigenvalue weighted by Crippen LogP contribution is 2.37. The minimum Gasteiger partial charge on any atom is -0.335 e. The van der Waals surface area contributed by atoms with Gasteiger partial charge >= 0.3 is 12.2 Å². The number of hydrogen-bond donors (Lipinski definition) is 2. The Bertz CT molecular complexity index is 561. The topological polar surface area (TPSA) is 59.0 Å². The second kappa shape index (κ2) is 7.03. The minimum atomic E-state index is -4.26. The molecule has 2 N–H and O–H groups in total. The second-order valence-corrected chi connectivity index (χ2v) is 6.67. The molecule has 8 heteroatoms. The van der Waals surface area contributed by atoms with Crippen molar-refractivity contribution in [1.82, 2.24) is 20.2 Å². The maximum Gasteiger partial charge on any atom is 0.393 e. The van der Waals surface area contributed by atoms with E-state index in [1.807, 2.05) is 6.20 Å². The molecule has 134 valence electrons. The predicted molar refractivity (Wildman–Crippen MR) is 82.3 cm³/mol. The zero-order valence-corrected chi connectivity index (χ0v) is 13.5. The van der Waals surface area contributed by atoms with E-state index in [9.17, 15) is 18.0 Å². The Labute approximate surface area is 139 Å². The molecule has 1 aliphatic carbocycles. The molecule has 2 amide bonds. The lowest BCUT2D eigenvalue weighted by Gasteiger charge is -2.33. The van der Waals surface area contributed by atoms with Gasteiger partial charge in [0.05, 0.1) is 18.2 Å². The summed E-state index contributed by atoms with van der Waals surface area (Å²) in [5.74, 6) is -0.431. The van der Waals surface area contributed by atoms with E-state index < -0.39 is 24.2 Å². The number of hydrogen-bond acceptors (Lipinski definition) is 2. The number of alkyl halides is 3. The van der Waals surface area contributed by atoms with Crippen LogP contribution in [0.5, 0.6) is 0 Å². The first-order valence-corrected chi connectivity index (χ1v) is 8.59. The number of carbonyl (C=O) groups excluding carboxylic acids is 1. The van der Waals surface area contributed by atoms with E-state index in [4.69, 9.17) is 0 Å². The zero-order valence-electron chi connectivity index (χ0n) is 13.5. The molecule has 0 spiro atoms. The summed E-state index contributed by atoms with van der Waals surface area (Å²) in [6, 6.07) is -1.39. The summed E-state index contributed by atoms with van der Waals surface area (Å²) in [6.45, 7) is 1.17. The zero-order chi connectivity index (χ0) is 17.2. The van der Waals surface area contributed by atoms with Crippen LogP contribution in [0.15, 0.2) is 6.20 Å². The van der Waals surface area contributed by atoms with Crippen LogP contribution in [0.3, 0.4) is 0 Å². The standard InChI is InChI=1S/C16H23F3N4O/c17-16(18,19)12-5-1-2-6-13(12)22-15(24)20-9-11-10-23-8-4-3-7-14(23)21-11/h10,12-13H,1-9H2,(H2,20,22,24)/t12-,13-/m0/s1. The number of urea groups is 1. The van der Waals surface area contributed by atoms with Crippen molar-refractivity contribution in [2.75, 3.05) is 0 Å². The fourth-order valence-electron chi connectivity index (χ4n) is 3.64. The average Bonchev–Trinajstić information content (AvgIpc) is 2.95. The number of halogens is 3. The third-order valence-electron chi connectivity index (χ3n) is 4.89. The Balaban J connectivity index is 1.52. The van der Waals surface area contributed by atoms with Crippen LogP contribution in [0.1, 0.15) is 50.0 Å². The molecule has 24 heavy (non-hydrogen) atoms. The summed E-state index contributed by atoms with van der Waals surface area (Å²) >= 11 is 0. The molecule has 1 aliphatic heterocycles. The minimum absolute atomic E-state index is 0.0855. The number of aryl methyl sites for hydroxylation is 2. The SMILES string of the molecule is O=C(NCc1cn2c(n1)CCCC2)N[C@H]1CCCC[C@@H]1C(F)(F)F. The van der Waals surface area contributed by atoms with Gasteiger partial charge in [-0.15, -0.1) is 0 Å². The number of nitrogens with one attached hydrogen (secondary N) is 2. The van der Waals surface area contributed by atoms with Crippen LogP contribution < -0.4 is 10.6 Å². The van der Waals surface area contributed by atoms with Crippen molar-refractivity contribution in [3.8, 4) is 0 Å². The molecule has 2 atom stereocenters. The highest BCUT2D eigenvalue weighted by Gasteiger charge is 2.45. The summed E-state index contributed by atoms with van der Waals surface area (Å²) < 4.78 is 41.2. The van der Waals surface area contributed by atoms with Gasteiger partial charge in [-0.2, -0.15) is 13.2 Å². The molecule has 0 radical (unpaired) electrons. The number of carbonyl (C=O) groups is 1. The largest absolute Gasteiger partial charge is 0.393 e. The van der Waals surface area contributed by atoms with Gasteiger partial charge in [0.15, 0.2) is 0 Å². The summed E-state index contributed by atoms with van der Waals surface area (Å²) in [5, 5.41) is 5.14. The molecule has 0 bridgehead atoms. The molecule has 0 aromatic carbocycles. The van der Waals surface area contributed by atoms with Crippen LogP contribution >= 0.6 is 0 Å². The van der Waals surface area contributed by atoms with Crippen molar-refractivity contribution in [3.05, 3.63) is 17.7 Å². The van der Waals surface area contributed by atoms with Gasteiger partial charge in [-0.1, -0.05) is 12.8 Å². The van der Waals surface area contributed by atoms with E-state index in [1.165, 1.54) is 0 Å². The Kier molecular flexibility index (Phi) is 5.01. The summed E-state index contributed by atoms with van der Waals surface area (Å²) in [4.78, 5) is 16.4. The summed E-state index contributed by atoms with van der Waals surface area (Å²) in [7, 11) is 0. The first-order valence-electron chi connectivity index (χ1n) is 8.59. The monoisotopic (exact) mass is 344 g/mol. The van der Waals surface area contributed by atoms with Crippen molar-refractivity contribution in [2.45, 2.75) is 70.3 Å². The summed E-state index contributed by atoms with van der Waals surface area (Å²) in [5.41, 5.74) is 0.748. The fourth-order valence-corrected chi connectivity index (χ4v) is 3.64. The molecule has 5 nitrogen and oxygen atoms in total. The first-order chi connectivity index (χ1) is 11.4.